The molecule has 2 aliphatic heterocycles. The van der Waals surface area contributed by atoms with Gasteiger partial charge in [-0.1, -0.05) is 60.7 Å². The average Bonchev–Trinajstić information content (AvgIpc) is 2.96. The summed E-state index contributed by atoms with van der Waals surface area (Å²) >= 11 is 0. The lowest BCUT2D eigenvalue weighted by Crippen LogP contribution is -2.55. The van der Waals surface area contributed by atoms with Crippen LogP contribution in [0, 0.1) is 0 Å². The zero-order valence-electron chi connectivity index (χ0n) is 14.8. The van der Waals surface area contributed by atoms with Gasteiger partial charge in [-0.25, -0.2) is 4.79 Å². The number of benzene rings is 2. The summed E-state index contributed by atoms with van der Waals surface area (Å²) in [4.78, 5) is 17.0. The van der Waals surface area contributed by atoms with Gasteiger partial charge in [0.15, 0.2) is 5.60 Å². The van der Waals surface area contributed by atoms with Gasteiger partial charge in [0.25, 0.3) is 0 Å². The van der Waals surface area contributed by atoms with Crippen LogP contribution in [0.4, 0.5) is 4.79 Å². The first kappa shape index (κ1) is 16.2. The van der Waals surface area contributed by atoms with Crippen LogP contribution in [-0.4, -0.2) is 41.2 Å². The van der Waals surface area contributed by atoms with Crippen molar-refractivity contribution in [3.8, 4) is 0 Å². The monoisotopic (exact) mass is 336 g/mol. The minimum Gasteiger partial charge on any atom is -0.431 e. The first-order valence-electron chi connectivity index (χ1n) is 8.97. The fraction of sp³-hybridized carbons (Fsp3) is 0.381. The largest absolute Gasteiger partial charge is 0.431 e. The molecule has 25 heavy (non-hydrogen) atoms. The van der Waals surface area contributed by atoms with E-state index in [0.29, 0.717) is 12.7 Å². The van der Waals surface area contributed by atoms with Crippen LogP contribution in [0.5, 0.6) is 0 Å². The number of cyclic esters (lactones) is 1. The number of nitrogens with zero attached hydrogens (tertiary/aromatic N) is 2. The van der Waals surface area contributed by atoms with Crippen molar-refractivity contribution in [2.24, 2.45) is 0 Å². The lowest BCUT2D eigenvalue weighted by Gasteiger charge is -2.43. The molecule has 0 radical (unpaired) electrons. The molecule has 4 nitrogen and oxygen atoms in total. The molecule has 2 aromatic rings. The highest BCUT2D eigenvalue weighted by Gasteiger charge is 2.57. The minimum absolute atomic E-state index is 0.0137. The summed E-state index contributed by atoms with van der Waals surface area (Å²) < 4.78 is 6.16. The van der Waals surface area contributed by atoms with E-state index < -0.39 is 5.60 Å². The third-order valence-corrected chi connectivity index (χ3v) is 5.49. The molecule has 4 heteroatoms. The standard InChI is InChI=1S/C21H24N2O2/c1-16(2)22-14-13-19-21(17-9-5-3-6-10-17,18-11-7-4-8-12-18)25-20(24)23(19)15-22/h3-12,16,19H,13-15H2,1-2H3. The van der Waals surface area contributed by atoms with Gasteiger partial charge in [0.1, 0.15) is 0 Å². The number of amides is 1. The third-order valence-electron chi connectivity index (χ3n) is 5.49. The highest BCUT2D eigenvalue weighted by atomic mass is 16.6. The molecular weight excluding hydrogens is 312 g/mol. The van der Waals surface area contributed by atoms with Gasteiger partial charge in [0.05, 0.1) is 12.7 Å². The first-order valence-corrected chi connectivity index (χ1v) is 8.97. The van der Waals surface area contributed by atoms with Crippen molar-refractivity contribution in [2.45, 2.75) is 38.0 Å². The lowest BCUT2D eigenvalue weighted by atomic mass is 9.78. The summed E-state index contributed by atoms with van der Waals surface area (Å²) in [7, 11) is 0. The number of hydrogen-bond acceptors (Lipinski definition) is 3. The Hall–Kier alpha value is -2.33. The maximum atomic E-state index is 12.8. The number of rotatable bonds is 3. The molecule has 0 aliphatic carbocycles. The van der Waals surface area contributed by atoms with E-state index in [4.69, 9.17) is 4.74 Å². The van der Waals surface area contributed by atoms with Gasteiger partial charge in [-0.2, -0.15) is 0 Å². The predicted molar refractivity (Wildman–Crippen MR) is 97.1 cm³/mol. The summed E-state index contributed by atoms with van der Waals surface area (Å²) in [6.07, 6.45) is 0.677. The fourth-order valence-corrected chi connectivity index (χ4v) is 4.14. The van der Waals surface area contributed by atoms with E-state index in [-0.39, 0.29) is 12.1 Å². The molecule has 2 fully saturated rings. The van der Waals surface area contributed by atoms with E-state index in [1.54, 1.807) is 0 Å². The molecule has 0 N–H and O–H groups in total. The SMILES string of the molecule is CC(C)N1CCC2N(C1)C(=O)OC2(c1ccccc1)c1ccccc1. The van der Waals surface area contributed by atoms with E-state index in [9.17, 15) is 4.79 Å². The molecule has 2 aliphatic rings. The second-order valence-electron chi connectivity index (χ2n) is 7.16. The lowest BCUT2D eigenvalue weighted by molar-refractivity contribution is 0.0306. The Labute approximate surface area is 149 Å². The predicted octanol–water partition coefficient (Wildman–Crippen LogP) is 3.82. The smallest absolute Gasteiger partial charge is 0.412 e. The molecule has 4 rings (SSSR count). The number of hydrogen-bond donors (Lipinski definition) is 0. The Morgan fingerprint density at radius 3 is 2.08 bits per heavy atom. The van der Waals surface area contributed by atoms with Crippen molar-refractivity contribution in [3.63, 3.8) is 0 Å². The third kappa shape index (κ3) is 2.52. The van der Waals surface area contributed by atoms with E-state index in [0.717, 1.165) is 24.1 Å². The van der Waals surface area contributed by atoms with Crippen molar-refractivity contribution in [3.05, 3.63) is 71.8 Å². The number of carbonyl (C=O) groups excluding carboxylic acids is 1. The Morgan fingerprint density at radius 2 is 1.56 bits per heavy atom. The van der Waals surface area contributed by atoms with Crippen molar-refractivity contribution in [2.75, 3.05) is 13.2 Å². The Bertz CT molecular complexity index is 706. The maximum Gasteiger partial charge on any atom is 0.412 e. The topological polar surface area (TPSA) is 32.8 Å². The normalized spacial score (nSPS) is 22.8. The van der Waals surface area contributed by atoms with Crippen LogP contribution in [0.25, 0.3) is 0 Å². The summed E-state index contributed by atoms with van der Waals surface area (Å²) in [5.41, 5.74) is 1.35. The van der Waals surface area contributed by atoms with Gasteiger partial charge in [-0.05, 0) is 20.3 Å². The molecule has 2 aromatic carbocycles. The van der Waals surface area contributed by atoms with E-state index in [1.807, 2.05) is 41.3 Å². The van der Waals surface area contributed by atoms with Crippen LogP contribution in [0.15, 0.2) is 60.7 Å². The quantitative estimate of drug-likeness (QED) is 0.854. The highest BCUT2D eigenvalue weighted by Crippen LogP contribution is 2.47. The van der Waals surface area contributed by atoms with E-state index in [1.165, 1.54) is 0 Å². The molecule has 1 amide bonds. The van der Waals surface area contributed by atoms with Gasteiger partial charge in [0, 0.05) is 23.7 Å². The minimum atomic E-state index is -0.733. The molecule has 2 heterocycles. The molecule has 0 aromatic heterocycles. The van der Waals surface area contributed by atoms with Crippen molar-refractivity contribution < 1.29 is 9.53 Å². The van der Waals surface area contributed by atoms with Crippen molar-refractivity contribution in [1.29, 1.82) is 0 Å². The van der Waals surface area contributed by atoms with Gasteiger partial charge in [-0.15, -0.1) is 0 Å². The molecular formula is C21H24N2O2. The Morgan fingerprint density at radius 1 is 1.00 bits per heavy atom. The second-order valence-corrected chi connectivity index (χ2v) is 7.16. The molecule has 0 bridgehead atoms. The number of carbonyl (C=O) groups is 1. The molecule has 2 saturated heterocycles. The van der Waals surface area contributed by atoms with Gasteiger partial charge < -0.3 is 4.74 Å². The molecule has 1 unspecified atom stereocenters. The Kier molecular flexibility index (Phi) is 4.00. The van der Waals surface area contributed by atoms with Gasteiger partial charge in [-0.3, -0.25) is 9.80 Å². The summed E-state index contributed by atoms with van der Waals surface area (Å²) in [5, 5.41) is 0. The van der Waals surface area contributed by atoms with Crippen LogP contribution in [0.3, 0.4) is 0 Å². The van der Waals surface area contributed by atoms with Crippen molar-refractivity contribution >= 4 is 6.09 Å². The van der Waals surface area contributed by atoms with Crippen LogP contribution in [-0.2, 0) is 10.3 Å². The first-order chi connectivity index (χ1) is 12.1. The zero-order chi connectivity index (χ0) is 17.4. The highest BCUT2D eigenvalue weighted by molar-refractivity contribution is 5.73. The van der Waals surface area contributed by atoms with Crippen LogP contribution >= 0.6 is 0 Å². The van der Waals surface area contributed by atoms with E-state index >= 15 is 0 Å². The summed E-state index contributed by atoms with van der Waals surface area (Å²) in [5.74, 6) is 0. The van der Waals surface area contributed by atoms with Gasteiger partial charge in [0.2, 0.25) is 0 Å². The number of fused-ring (bicyclic) bond motifs is 1. The molecule has 0 spiro atoms. The molecule has 1 atom stereocenters. The van der Waals surface area contributed by atoms with Crippen molar-refractivity contribution in [1.82, 2.24) is 9.80 Å². The van der Waals surface area contributed by atoms with Crippen LogP contribution < -0.4 is 0 Å². The Balaban J connectivity index is 1.82. The van der Waals surface area contributed by atoms with Gasteiger partial charge >= 0.3 is 6.09 Å². The van der Waals surface area contributed by atoms with Crippen LogP contribution in [0.2, 0.25) is 0 Å². The maximum absolute atomic E-state index is 12.8. The summed E-state index contributed by atoms with van der Waals surface area (Å²) in [6, 6.07) is 20.8. The summed E-state index contributed by atoms with van der Waals surface area (Å²) in [6.45, 7) is 5.94. The molecule has 0 saturated carbocycles. The fourth-order valence-electron chi connectivity index (χ4n) is 4.14. The second kappa shape index (κ2) is 6.19. The number of ether oxygens (including phenoxy) is 1. The molecule has 130 valence electrons. The zero-order valence-corrected chi connectivity index (χ0v) is 14.8. The van der Waals surface area contributed by atoms with E-state index in [2.05, 4.69) is 43.0 Å². The van der Waals surface area contributed by atoms with Crippen LogP contribution in [0.1, 0.15) is 31.4 Å². The average molecular weight is 336 g/mol.